The van der Waals surface area contributed by atoms with E-state index in [-0.39, 0.29) is 11.9 Å². The van der Waals surface area contributed by atoms with Crippen LogP contribution in [-0.4, -0.2) is 31.4 Å². The fraction of sp³-hybridized carbons (Fsp3) is 0.588. The van der Waals surface area contributed by atoms with E-state index >= 15 is 0 Å². The Labute approximate surface area is 125 Å². The van der Waals surface area contributed by atoms with E-state index in [0.29, 0.717) is 0 Å². The highest BCUT2D eigenvalue weighted by atomic mass is 16.7. The number of carbonyl (C=O) groups is 1. The van der Waals surface area contributed by atoms with E-state index in [2.05, 4.69) is 12.1 Å². The normalized spacial score (nSPS) is 30.1. The number of fused-ring (bicyclic) bond motifs is 1. The minimum absolute atomic E-state index is 0.0945. The quantitative estimate of drug-likeness (QED) is 0.634. The highest BCUT2D eigenvalue weighted by Crippen LogP contribution is 2.59. The maximum atomic E-state index is 12.3. The molecule has 4 nitrogen and oxygen atoms in total. The van der Waals surface area contributed by atoms with Gasteiger partial charge in [-0.15, -0.1) is 0 Å². The Kier molecular flexibility index (Phi) is 3.24. The number of hydrogen-bond acceptors (Lipinski definition) is 4. The summed E-state index contributed by atoms with van der Waals surface area (Å²) in [4.78, 5) is 12.3. The van der Waals surface area contributed by atoms with Gasteiger partial charge in [-0.25, -0.2) is 4.79 Å². The second-order valence-electron chi connectivity index (χ2n) is 6.29. The van der Waals surface area contributed by atoms with Crippen LogP contribution >= 0.6 is 0 Å². The monoisotopic (exact) mass is 290 g/mol. The number of esters is 1. The minimum Gasteiger partial charge on any atom is -0.497 e. The molecule has 21 heavy (non-hydrogen) atoms. The number of aryl methyl sites for hydroxylation is 1. The summed E-state index contributed by atoms with van der Waals surface area (Å²) in [5, 5.41) is 0. The molecule has 1 saturated heterocycles. The molecule has 0 N–H and O–H groups in total. The number of methoxy groups -OCH3 is 2. The van der Waals surface area contributed by atoms with Gasteiger partial charge in [-0.2, -0.15) is 0 Å². The zero-order chi connectivity index (χ0) is 15.3. The third-order valence-corrected chi connectivity index (χ3v) is 4.98. The Bertz CT molecular complexity index is 580. The van der Waals surface area contributed by atoms with Gasteiger partial charge in [-0.05, 0) is 42.0 Å². The van der Waals surface area contributed by atoms with Crippen LogP contribution in [0.2, 0.25) is 0 Å². The summed E-state index contributed by atoms with van der Waals surface area (Å²) in [5.41, 5.74) is 1.34. The zero-order valence-electron chi connectivity index (χ0n) is 13.1. The standard InChI is InChI=1S/C17H22O4/c1-11(2)17(15(18)20-4)16(21-17)8-7-12-5-6-14(19-3)9-13(12)10-16/h5-6,9,11H,7-8,10H2,1-4H3. The molecule has 0 saturated carbocycles. The molecule has 2 aliphatic rings. The topological polar surface area (TPSA) is 48.1 Å². The molecule has 1 aromatic rings. The maximum Gasteiger partial charge on any atom is 0.341 e. The molecule has 114 valence electrons. The van der Waals surface area contributed by atoms with Crippen molar-refractivity contribution in [3.8, 4) is 5.75 Å². The largest absolute Gasteiger partial charge is 0.497 e. The van der Waals surface area contributed by atoms with Crippen molar-refractivity contribution >= 4 is 5.97 Å². The first-order valence-corrected chi connectivity index (χ1v) is 7.43. The predicted octanol–water partition coefficient (Wildman–Crippen LogP) is 2.52. The van der Waals surface area contributed by atoms with Crippen molar-refractivity contribution in [1.82, 2.24) is 0 Å². The SMILES string of the molecule is COC(=O)C1(C(C)C)OC12CCc1ccc(OC)cc1C2. The molecule has 4 heteroatoms. The first kappa shape index (κ1) is 14.4. The van der Waals surface area contributed by atoms with Gasteiger partial charge < -0.3 is 14.2 Å². The smallest absolute Gasteiger partial charge is 0.341 e. The van der Waals surface area contributed by atoms with Gasteiger partial charge in [0.15, 0.2) is 5.60 Å². The lowest BCUT2D eigenvalue weighted by Crippen LogP contribution is -2.42. The fourth-order valence-electron chi connectivity index (χ4n) is 3.82. The van der Waals surface area contributed by atoms with Crippen molar-refractivity contribution in [1.29, 1.82) is 0 Å². The van der Waals surface area contributed by atoms with Crippen LogP contribution in [0.25, 0.3) is 0 Å². The van der Waals surface area contributed by atoms with Crippen molar-refractivity contribution < 1.29 is 19.0 Å². The lowest BCUT2D eigenvalue weighted by molar-refractivity contribution is -0.148. The summed E-state index contributed by atoms with van der Waals surface area (Å²) in [6.45, 7) is 4.04. The second kappa shape index (κ2) is 4.73. The molecule has 2 atom stereocenters. The van der Waals surface area contributed by atoms with E-state index in [0.717, 1.165) is 25.0 Å². The molecule has 0 radical (unpaired) electrons. The number of benzene rings is 1. The van der Waals surface area contributed by atoms with Crippen LogP contribution in [0.15, 0.2) is 18.2 Å². The lowest BCUT2D eigenvalue weighted by Gasteiger charge is -2.26. The van der Waals surface area contributed by atoms with Gasteiger partial charge in [0, 0.05) is 6.42 Å². The van der Waals surface area contributed by atoms with Gasteiger partial charge in [0.2, 0.25) is 0 Å². The van der Waals surface area contributed by atoms with E-state index in [1.165, 1.54) is 18.2 Å². The highest BCUT2D eigenvalue weighted by Gasteiger charge is 2.76. The van der Waals surface area contributed by atoms with Crippen molar-refractivity contribution in [3.63, 3.8) is 0 Å². The zero-order valence-corrected chi connectivity index (χ0v) is 13.1. The molecule has 3 rings (SSSR count). The molecule has 0 amide bonds. The third kappa shape index (κ3) is 1.89. The molecular weight excluding hydrogens is 268 g/mol. The summed E-state index contributed by atoms with van der Waals surface area (Å²) in [6, 6.07) is 6.15. The Morgan fingerprint density at radius 3 is 2.67 bits per heavy atom. The summed E-state index contributed by atoms with van der Waals surface area (Å²) in [6.07, 6.45) is 2.53. The van der Waals surface area contributed by atoms with E-state index in [9.17, 15) is 4.79 Å². The van der Waals surface area contributed by atoms with Crippen LogP contribution in [0, 0.1) is 5.92 Å². The molecule has 2 unspecified atom stereocenters. The predicted molar refractivity (Wildman–Crippen MR) is 78.4 cm³/mol. The average molecular weight is 290 g/mol. The Morgan fingerprint density at radius 2 is 2.05 bits per heavy atom. The number of rotatable bonds is 3. The average Bonchev–Trinajstić information content (AvgIpc) is 3.14. The second-order valence-corrected chi connectivity index (χ2v) is 6.29. The third-order valence-electron chi connectivity index (χ3n) is 4.98. The number of epoxide rings is 1. The Balaban J connectivity index is 1.94. The summed E-state index contributed by atoms with van der Waals surface area (Å²) < 4.78 is 16.4. The summed E-state index contributed by atoms with van der Waals surface area (Å²) in [5.74, 6) is 0.695. The fourth-order valence-corrected chi connectivity index (χ4v) is 3.82. The van der Waals surface area contributed by atoms with E-state index in [1.807, 2.05) is 19.9 Å². The van der Waals surface area contributed by atoms with Gasteiger partial charge in [-0.3, -0.25) is 0 Å². The molecule has 0 aromatic heterocycles. The van der Waals surface area contributed by atoms with Crippen molar-refractivity contribution in [2.45, 2.75) is 44.3 Å². The van der Waals surface area contributed by atoms with Gasteiger partial charge >= 0.3 is 5.97 Å². The van der Waals surface area contributed by atoms with E-state index in [1.54, 1.807) is 7.11 Å². The van der Waals surface area contributed by atoms with Gasteiger partial charge in [-0.1, -0.05) is 19.9 Å². The van der Waals surface area contributed by atoms with E-state index < -0.39 is 11.2 Å². The molecule has 1 heterocycles. The molecule has 1 aliphatic heterocycles. The number of hydrogen-bond donors (Lipinski definition) is 0. The van der Waals surface area contributed by atoms with Gasteiger partial charge in [0.25, 0.3) is 0 Å². The molecule has 0 bridgehead atoms. The number of carbonyl (C=O) groups excluding carboxylic acids is 1. The van der Waals surface area contributed by atoms with Crippen LogP contribution in [0.3, 0.4) is 0 Å². The molecule has 1 aliphatic carbocycles. The van der Waals surface area contributed by atoms with Gasteiger partial charge in [0.05, 0.1) is 14.2 Å². The molecular formula is C17H22O4. The van der Waals surface area contributed by atoms with Crippen LogP contribution < -0.4 is 4.74 Å². The lowest BCUT2D eigenvalue weighted by atomic mass is 9.73. The highest BCUT2D eigenvalue weighted by molar-refractivity contribution is 5.85. The van der Waals surface area contributed by atoms with Crippen molar-refractivity contribution in [2.24, 2.45) is 5.92 Å². The van der Waals surface area contributed by atoms with E-state index in [4.69, 9.17) is 14.2 Å². The van der Waals surface area contributed by atoms with Crippen LogP contribution in [0.4, 0.5) is 0 Å². The molecule has 1 spiro atoms. The maximum absolute atomic E-state index is 12.3. The first-order chi connectivity index (χ1) is 9.99. The first-order valence-electron chi connectivity index (χ1n) is 7.43. The van der Waals surface area contributed by atoms with Crippen molar-refractivity contribution in [3.05, 3.63) is 29.3 Å². The summed E-state index contributed by atoms with van der Waals surface area (Å²) in [7, 11) is 3.10. The number of ether oxygens (including phenoxy) is 3. The van der Waals surface area contributed by atoms with Crippen LogP contribution in [0.1, 0.15) is 31.4 Å². The van der Waals surface area contributed by atoms with Gasteiger partial charge in [0.1, 0.15) is 11.4 Å². The molecule has 1 aromatic carbocycles. The minimum atomic E-state index is -0.789. The van der Waals surface area contributed by atoms with Crippen molar-refractivity contribution in [2.75, 3.05) is 14.2 Å². The molecule has 1 fully saturated rings. The van der Waals surface area contributed by atoms with Crippen LogP contribution in [-0.2, 0) is 27.1 Å². The Hall–Kier alpha value is -1.55. The Morgan fingerprint density at radius 1 is 1.29 bits per heavy atom. The summed E-state index contributed by atoms with van der Waals surface area (Å²) >= 11 is 0. The van der Waals surface area contributed by atoms with Crippen LogP contribution in [0.5, 0.6) is 5.75 Å².